The summed E-state index contributed by atoms with van der Waals surface area (Å²) >= 11 is 19.3. The standard InChI is InChI=1S/2C4H11O2PS2.Sn/c2*1-3-5-7(8,9)6-4-2;/h2*3-4H2,1-2H3,(H,8,9);/q;;+2/p-2. The van der Waals surface area contributed by atoms with Crippen molar-refractivity contribution in [2.24, 2.45) is 0 Å². The van der Waals surface area contributed by atoms with Gasteiger partial charge in [0, 0.05) is 26.4 Å². The van der Waals surface area contributed by atoms with Crippen LogP contribution in [0.15, 0.2) is 0 Å². The summed E-state index contributed by atoms with van der Waals surface area (Å²) in [5.41, 5.74) is -4.55. The van der Waals surface area contributed by atoms with E-state index < -0.39 is 11.4 Å². The smallest absolute Gasteiger partial charge is 0.691 e. The molecule has 0 saturated heterocycles. The maximum Gasteiger partial charge on any atom is 2.00 e. The molecule has 11 heteroatoms. The molecule has 0 amide bonds. The molecule has 4 nitrogen and oxygen atoms in total. The Bertz CT molecular complexity index is 248. The fraction of sp³-hybridized carbons (Fsp3) is 1.00. The van der Waals surface area contributed by atoms with E-state index in [9.17, 15) is 0 Å². The third-order valence-electron chi connectivity index (χ3n) is 1.15. The van der Waals surface area contributed by atoms with E-state index in [0.29, 0.717) is 26.4 Å². The van der Waals surface area contributed by atoms with Crippen molar-refractivity contribution in [2.75, 3.05) is 26.4 Å². The van der Waals surface area contributed by atoms with Crippen molar-refractivity contribution in [3.8, 4) is 0 Å². The molecule has 0 aromatic carbocycles. The van der Waals surface area contributed by atoms with E-state index in [1.165, 1.54) is 0 Å². The molecular weight excluding hydrogens is 469 g/mol. The van der Waals surface area contributed by atoms with Gasteiger partial charge in [0.1, 0.15) is 0 Å². The molecule has 0 bridgehead atoms. The van der Waals surface area contributed by atoms with Gasteiger partial charge in [-0.2, -0.15) is 0 Å². The van der Waals surface area contributed by atoms with Crippen molar-refractivity contribution in [1.82, 2.24) is 0 Å². The third-order valence-corrected chi connectivity index (χ3v) is 5.98. The Kier molecular flexibility index (Phi) is 21.7. The van der Waals surface area contributed by atoms with Crippen LogP contribution in [0.25, 0.3) is 0 Å². The van der Waals surface area contributed by atoms with Gasteiger partial charge in [-0.3, -0.25) is 0 Å². The molecular formula is C8H20O4P2S4Sn. The van der Waals surface area contributed by atoms with E-state index in [0.717, 1.165) is 0 Å². The average molecular weight is 489 g/mol. The molecule has 0 aliphatic rings. The van der Waals surface area contributed by atoms with E-state index >= 15 is 0 Å². The second-order valence-corrected chi connectivity index (χ2v) is 12.5. The Balaban J connectivity index is -0.000000256. The van der Waals surface area contributed by atoms with Gasteiger partial charge in [-0.1, -0.05) is 23.6 Å². The van der Waals surface area contributed by atoms with Gasteiger partial charge in [-0.25, -0.2) is 0 Å². The third kappa shape index (κ3) is 20.6. The Labute approximate surface area is 154 Å². The Morgan fingerprint density at radius 3 is 0.947 bits per heavy atom. The normalized spacial score (nSPS) is 11.3. The topological polar surface area (TPSA) is 36.9 Å². The van der Waals surface area contributed by atoms with E-state index in [2.05, 4.69) is 0 Å². The fourth-order valence-corrected chi connectivity index (χ4v) is 4.65. The van der Waals surface area contributed by atoms with Crippen molar-refractivity contribution in [1.29, 1.82) is 0 Å². The first kappa shape index (κ1) is 26.5. The van der Waals surface area contributed by atoms with Gasteiger partial charge in [0.15, 0.2) is 0 Å². The second-order valence-electron chi connectivity index (χ2n) is 2.57. The summed E-state index contributed by atoms with van der Waals surface area (Å²) in [4.78, 5) is 0. The molecule has 19 heavy (non-hydrogen) atoms. The van der Waals surface area contributed by atoms with Crippen molar-refractivity contribution >= 4 is 83.4 Å². The first-order chi connectivity index (χ1) is 8.24. The van der Waals surface area contributed by atoms with E-state index in [-0.39, 0.29) is 23.9 Å². The van der Waals surface area contributed by atoms with Crippen molar-refractivity contribution < 1.29 is 18.1 Å². The molecule has 0 saturated carbocycles. The van der Waals surface area contributed by atoms with Crippen LogP contribution in [0.3, 0.4) is 0 Å². The van der Waals surface area contributed by atoms with Crippen LogP contribution in [-0.2, 0) is 66.2 Å². The summed E-state index contributed by atoms with van der Waals surface area (Å²) in [5, 5.41) is 0. The molecule has 0 aromatic rings. The molecule has 0 aliphatic heterocycles. The first-order valence-electron chi connectivity index (χ1n) is 5.44. The predicted octanol–water partition coefficient (Wildman–Crippen LogP) is 3.28. The van der Waals surface area contributed by atoms with Crippen LogP contribution in [0.2, 0.25) is 0 Å². The molecule has 0 fully saturated rings. The summed E-state index contributed by atoms with van der Waals surface area (Å²) in [7, 11) is 0. The molecule has 0 aromatic heterocycles. The van der Waals surface area contributed by atoms with Crippen LogP contribution >= 0.6 is 11.4 Å². The van der Waals surface area contributed by atoms with Crippen molar-refractivity contribution in [3.63, 3.8) is 0 Å². The monoisotopic (exact) mass is 490 g/mol. The molecule has 0 spiro atoms. The van der Waals surface area contributed by atoms with Crippen LogP contribution in [-0.4, -0.2) is 50.3 Å². The Morgan fingerprint density at radius 1 is 0.684 bits per heavy atom. The van der Waals surface area contributed by atoms with Crippen LogP contribution in [0.4, 0.5) is 0 Å². The van der Waals surface area contributed by atoms with Gasteiger partial charge >= 0.3 is 23.9 Å². The molecule has 0 N–H and O–H groups in total. The quantitative estimate of drug-likeness (QED) is 0.293. The second kappa shape index (κ2) is 15.5. The predicted molar refractivity (Wildman–Crippen MR) is 95.6 cm³/mol. The number of hydrogen-bond donors (Lipinski definition) is 0. The van der Waals surface area contributed by atoms with E-state index in [1.54, 1.807) is 0 Å². The molecule has 0 rings (SSSR count). The number of rotatable bonds is 8. The van der Waals surface area contributed by atoms with Crippen LogP contribution < -0.4 is 0 Å². The summed E-state index contributed by atoms with van der Waals surface area (Å²) in [6.07, 6.45) is 0. The Hall–Kier alpha value is 2.64. The molecule has 0 atom stereocenters. The average Bonchev–Trinajstić information content (AvgIpc) is 2.17. The van der Waals surface area contributed by atoms with Crippen molar-refractivity contribution in [3.05, 3.63) is 0 Å². The maximum absolute atomic E-state index is 4.99. The zero-order valence-corrected chi connectivity index (χ0v) is 19.4. The zero-order chi connectivity index (χ0) is 14.7. The number of hydrogen-bond acceptors (Lipinski definition) is 8. The summed E-state index contributed by atoms with van der Waals surface area (Å²) in [6, 6.07) is 0. The van der Waals surface area contributed by atoms with E-state index in [1.807, 2.05) is 27.7 Å². The minimum absolute atomic E-state index is 0. The van der Waals surface area contributed by atoms with Gasteiger partial charge in [0.25, 0.3) is 0 Å². The SMILES string of the molecule is CCOP(=S)([S-])OCC.CCOP(=S)([S-])OCC.[Sn+2]. The van der Waals surface area contributed by atoms with Gasteiger partial charge in [0.2, 0.25) is 0 Å². The van der Waals surface area contributed by atoms with Crippen LogP contribution in [0.1, 0.15) is 27.7 Å². The van der Waals surface area contributed by atoms with Gasteiger partial charge < -0.3 is 42.6 Å². The molecule has 0 unspecified atom stereocenters. The Morgan fingerprint density at radius 2 is 0.842 bits per heavy atom. The fourth-order valence-electron chi connectivity index (χ4n) is 0.707. The van der Waals surface area contributed by atoms with Crippen molar-refractivity contribution in [2.45, 2.75) is 27.7 Å². The summed E-state index contributed by atoms with van der Waals surface area (Å²) in [5.74, 6) is 0. The largest absolute Gasteiger partial charge is 2.00 e. The van der Waals surface area contributed by atoms with Crippen LogP contribution in [0.5, 0.6) is 0 Å². The maximum atomic E-state index is 4.99. The zero-order valence-electron chi connectivity index (χ0n) is 11.5. The molecule has 114 valence electrons. The molecule has 0 aliphatic carbocycles. The minimum atomic E-state index is -2.28. The first-order valence-corrected chi connectivity index (χ1v) is 12.7. The van der Waals surface area contributed by atoms with Crippen LogP contribution in [0, 0.1) is 0 Å². The van der Waals surface area contributed by atoms with Gasteiger partial charge in [-0.05, 0) is 27.7 Å². The summed E-state index contributed by atoms with van der Waals surface area (Å²) < 4.78 is 20.0. The molecule has 0 heterocycles. The van der Waals surface area contributed by atoms with Gasteiger partial charge in [-0.15, -0.1) is 0 Å². The van der Waals surface area contributed by atoms with Gasteiger partial charge in [0.05, 0.1) is 11.4 Å². The summed E-state index contributed by atoms with van der Waals surface area (Å²) in [6.45, 7) is 9.58. The molecule has 2 radical (unpaired) electrons. The van der Waals surface area contributed by atoms with E-state index in [4.69, 9.17) is 66.2 Å². The minimum Gasteiger partial charge on any atom is -0.691 e.